The van der Waals surface area contributed by atoms with Gasteiger partial charge in [0.25, 0.3) is 5.91 Å². The van der Waals surface area contributed by atoms with Crippen molar-refractivity contribution in [2.75, 3.05) is 44.5 Å². The van der Waals surface area contributed by atoms with Crippen LogP contribution < -0.4 is 15.1 Å². The van der Waals surface area contributed by atoms with E-state index in [1.807, 2.05) is 62.3 Å². The van der Waals surface area contributed by atoms with Crippen molar-refractivity contribution in [1.29, 1.82) is 0 Å². The number of amides is 1. The first kappa shape index (κ1) is 17.5. The van der Waals surface area contributed by atoms with E-state index in [0.717, 1.165) is 11.4 Å². The molecule has 0 saturated heterocycles. The van der Waals surface area contributed by atoms with Gasteiger partial charge in [0, 0.05) is 50.7 Å². The lowest BCUT2D eigenvalue weighted by Crippen LogP contribution is -2.29. The maximum absolute atomic E-state index is 12.2. The first-order chi connectivity index (χ1) is 11.4. The maximum Gasteiger partial charge on any atom is 0.251 e. The van der Waals surface area contributed by atoms with E-state index in [9.17, 15) is 9.59 Å². The van der Waals surface area contributed by atoms with Crippen LogP contribution in [-0.4, -0.2) is 46.4 Å². The van der Waals surface area contributed by atoms with Crippen LogP contribution in [0.4, 0.5) is 11.4 Å². The van der Waals surface area contributed by atoms with Crippen LogP contribution >= 0.6 is 0 Å². The van der Waals surface area contributed by atoms with Crippen molar-refractivity contribution in [3.8, 4) is 0 Å². The van der Waals surface area contributed by atoms with Gasteiger partial charge in [-0.2, -0.15) is 0 Å². The molecule has 126 valence electrons. The number of carbonyl (C=O) groups is 2. The third-order valence-electron chi connectivity index (χ3n) is 3.76. The van der Waals surface area contributed by atoms with Crippen LogP contribution in [0.25, 0.3) is 0 Å². The molecule has 0 aliphatic heterocycles. The van der Waals surface area contributed by atoms with Gasteiger partial charge in [0.1, 0.15) is 0 Å². The molecule has 0 saturated carbocycles. The Morgan fingerprint density at radius 2 is 1.17 bits per heavy atom. The smallest absolute Gasteiger partial charge is 0.251 e. The van der Waals surface area contributed by atoms with Crippen molar-refractivity contribution < 1.29 is 9.59 Å². The van der Waals surface area contributed by atoms with Crippen LogP contribution in [0.1, 0.15) is 20.7 Å². The number of nitrogens with zero attached hydrogens (tertiary/aromatic N) is 2. The van der Waals surface area contributed by atoms with Crippen LogP contribution in [0.2, 0.25) is 0 Å². The summed E-state index contributed by atoms with van der Waals surface area (Å²) in [6.07, 6.45) is 0. The van der Waals surface area contributed by atoms with Gasteiger partial charge in [0.05, 0.1) is 6.54 Å². The largest absolute Gasteiger partial charge is 0.378 e. The van der Waals surface area contributed by atoms with Crippen molar-refractivity contribution in [2.45, 2.75) is 0 Å². The Bertz CT molecular complexity index is 641. The zero-order chi connectivity index (χ0) is 17.7. The van der Waals surface area contributed by atoms with Crippen molar-refractivity contribution in [2.24, 2.45) is 0 Å². The molecule has 0 aliphatic carbocycles. The van der Waals surface area contributed by atoms with E-state index in [2.05, 4.69) is 5.32 Å². The topological polar surface area (TPSA) is 52.7 Å². The summed E-state index contributed by atoms with van der Waals surface area (Å²) in [6, 6.07) is 14.6. The van der Waals surface area contributed by atoms with Crippen LogP contribution in [0.15, 0.2) is 48.5 Å². The van der Waals surface area contributed by atoms with Gasteiger partial charge in [-0.3, -0.25) is 9.59 Å². The molecule has 2 rings (SSSR count). The zero-order valence-corrected chi connectivity index (χ0v) is 14.5. The Morgan fingerprint density at radius 3 is 1.58 bits per heavy atom. The molecule has 5 nitrogen and oxygen atoms in total. The highest BCUT2D eigenvalue weighted by atomic mass is 16.2. The SMILES string of the molecule is CN(C)c1ccc(C(=O)CNC(=O)c2ccc(N(C)C)cc2)cc1. The number of hydrogen-bond acceptors (Lipinski definition) is 4. The third kappa shape index (κ3) is 4.35. The summed E-state index contributed by atoms with van der Waals surface area (Å²) in [5, 5.41) is 2.67. The first-order valence-corrected chi connectivity index (χ1v) is 7.74. The molecule has 0 unspecified atom stereocenters. The summed E-state index contributed by atoms with van der Waals surface area (Å²) in [5.74, 6) is -0.364. The van der Waals surface area contributed by atoms with Crippen LogP contribution in [0.3, 0.4) is 0 Å². The Labute approximate surface area is 142 Å². The highest BCUT2D eigenvalue weighted by Gasteiger charge is 2.10. The molecule has 0 aromatic heterocycles. The molecule has 0 bridgehead atoms. The number of nitrogens with one attached hydrogen (secondary N) is 1. The van der Waals surface area contributed by atoms with Crippen LogP contribution in [0, 0.1) is 0 Å². The van der Waals surface area contributed by atoms with Crippen molar-refractivity contribution in [1.82, 2.24) is 5.32 Å². The highest BCUT2D eigenvalue weighted by Crippen LogP contribution is 2.13. The van der Waals surface area contributed by atoms with Crippen LogP contribution in [0.5, 0.6) is 0 Å². The third-order valence-corrected chi connectivity index (χ3v) is 3.76. The predicted octanol–water partition coefficient (Wildman–Crippen LogP) is 2.43. The van der Waals surface area contributed by atoms with E-state index in [1.54, 1.807) is 24.3 Å². The Kier molecular flexibility index (Phi) is 5.58. The second kappa shape index (κ2) is 7.64. The minimum atomic E-state index is -0.251. The Morgan fingerprint density at radius 1 is 0.750 bits per heavy atom. The molecule has 0 atom stereocenters. The normalized spacial score (nSPS) is 10.2. The lowest BCUT2D eigenvalue weighted by molar-refractivity contribution is 0.0904. The summed E-state index contributed by atoms with van der Waals surface area (Å²) >= 11 is 0. The molecule has 2 aromatic carbocycles. The number of hydrogen-bond donors (Lipinski definition) is 1. The van der Waals surface area contributed by atoms with Gasteiger partial charge in [0.15, 0.2) is 5.78 Å². The second-order valence-corrected chi connectivity index (χ2v) is 5.99. The van der Waals surface area contributed by atoms with Crippen LogP contribution in [-0.2, 0) is 0 Å². The average molecular weight is 325 g/mol. The summed E-state index contributed by atoms with van der Waals surface area (Å²) < 4.78 is 0. The number of rotatable bonds is 6. The average Bonchev–Trinajstić information content (AvgIpc) is 2.59. The predicted molar refractivity (Wildman–Crippen MR) is 98.2 cm³/mol. The molecule has 0 spiro atoms. The van der Waals surface area contributed by atoms with Gasteiger partial charge in [-0.25, -0.2) is 0 Å². The monoisotopic (exact) mass is 325 g/mol. The number of carbonyl (C=O) groups excluding carboxylic acids is 2. The van der Waals surface area contributed by atoms with Gasteiger partial charge in [-0.15, -0.1) is 0 Å². The van der Waals surface area contributed by atoms with E-state index < -0.39 is 0 Å². The summed E-state index contributed by atoms with van der Waals surface area (Å²) in [6.45, 7) is -0.0183. The molecule has 0 aliphatic rings. The van der Waals surface area contributed by atoms with E-state index in [0.29, 0.717) is 11.1 Å². The molecule has 2 aromatic rings. The van der Waals surface area contributed by atoms with Gasteiger partial charge < -0.3 is 15.1 Å². The van der Waals surface area contributed by atoms with Gasteiger partial charge in [0.2, 0.25) is 0 Å². The fourth-order valence-electron chi connectivity index (χ4n) is 2.22. The summed E-state index contributed by atoms with van der Waals surface area (Å²) in [4.78, 5) is 28.2. The number of ketones is 1. The fourth-order valence-corrected chi connectivity index (χ4v) is 2.22. The molecule has 1 N–H and O–H groups in total. The highest BCUT2D eigenvalue weighted by molar-refractivity contribution is 6.02. The van der Waals surface area contributed by atoms with E-state index in [1.165, 1.54) is 0 Å². The molecule has 0 radical (unpaired) electrons. The second-order valence-electron chi connectivity index (χ2n) is 5.99. The Hall–Kier alpha value is -2.82. The summed E-state index contributed by atoms with van der Waals surface area (Å²) in [7, 11) is 7.77. The standard InChI is InChI=1S/C19H23N3O2/c1-21(2)16-9-5-14(6-10-16)18(23)13-20-19(24)15-7-11-17(12-8-15)22(3)4/h5-12H,13H2,1-4H3,(H,20,24). The first-order valence-electron chi connectivity index (χ1n) is 7.74. The number of Topliss-reactive ketones (excluding diaryl/α,β-unsaturated/α-hetero) is 1. The van der Waals surface area contributed by atoms with Crippen molar-refractivity contribution in [3.63, 3.8) is 0 Å². The molecule has 24 heavy (non-hydrogen) atoms. The van der Waals surface area contributed by atoms with Crippen molar-refractivity contribution in [3.05, 3.63) is 59.7 Å². The number of anilines is 2. The minimum Gasteiger partial charge on any atom is -0.378 e. The van der Waals surface area contributed by atoms with E-state index >= 15 is 0 Å². The molecular formula is C19H23N3O2. The Balaban J connectivity index is 1.94. The van der Waals surface area contributed by atoms with E-state index in [4.69, 9.17) is 0 Å². The van der Waals surface area contributed by atoms with Gasteiger partial charge in [-0.05, 0) is 48.5 Å². The molecule has 0 heterocycles. The minimum absolute atomic E-state index is 0.0183. The maximum atomic E-state index is 12.2. The fraction of sp³-hybridized carbons (Fsp3) is 0.263. The van der Waals surface area contributed by atoms with Gasteiger partial charge >= 0.3 is 0 Å². The lowest BCUT2D eigenvalue weighted by Gasteiger charge is -2.13. The molecule has 1 amide bonds. The van der Waals surface area contributed by atoms with Crippen molar-refractivity contribution >= 4 is 23.1 Å². The quantitative estimate of drug-likeness (QED) is 0.829. The van der Waals surface area contributed by atoms with E-state index in [-0.39, 0.29) is 18.2 Å². The summed E-state index contributed by atoms with van der Waals surface area (Å²) in [5.41, 5.74) is 3.17. The molecule has 5 heteroatoms. The molecular weight excluding hydrogens is 302 g/mol. The zero-order valence-electron chi connectivity index (χ0n) is 14.5. The number of benzene rings is 2. The van der Waals surface area contributed by atoms with Gasteiger partial charge in [-0.1, -0.05) is 0 Å². The lowest BCUT2D eigenvalue weighted by atomic mass is 10.1. The molecule has 0 fully saturated rings.